The average molecular weight is 491 g/mol. The smallest absolute Gasteiger partial charge is 0.323 e. The number of urea groups is 1. The van der Waals surface area contributed by atoms with E-state index in [0.717, 1.165) is 16.8 Å². The van der Waals surface area contributed by atoms with Crippen LogP contribution in [0.1, 0.15) is 41.4 Å². The highest BCUT2D eigenvalue weighted by Crippen LogP contribution is 2.28. The van der Waals surface area contributed by atoms with Gasteiger partial charge in [0.2, 0.25) is 0 Å². The van der Waals surface area contributed by atoms with Crippen LogP contribution in [0.15, 0.2) is 91.3 Å². The van der Waals surface area contributed by atoms with E-state index in [4.69, 9.17) is 5.73 Å². The molecule has 0 radical (unpaired) electrons. The van der Waals surface area contributed by atoms with Crippen molar-refractivity contribution in [3.8, 4) is 11.1 Å². The SMILES string of the molecule is CC(C)c1cc(C(=O)c2cccc(NC(=O)Nc3ccc(-c4ccccc4)cc3)c2)c2c(N)ncnn12. The number of nitrogens with two attached hydrogens (primary N) is 1. The van der Waals surface area contributed by atoms with Crippen LogP contribution in [0.2, 0.25) is 0 Å². The number of rotatable bonds is 6. The van der Waals surface area contributed by atoms with Crippen LogP contribution >= 0.6 is 0 Å². The fourth-order valence-electron chi connectivity index (χ4n) is 4.24. The molecule has 0 fully saturated rings. The van der Waals surface area contributed by atoms with Crippen molar-refractivity contribution in [3.05, 3.63) is 108 Å². The second-order valence-corrected chi connectivity index (χ2v) is 8.98. The molecule has 2 amide bonds. The van der Waals surface area contributed by atoms with Gasteiger partial charge in [-0.25, -0.2) is 14.3 Å². The van der Waals surface area contributed by atoms with Crippen molar-refractivity contribution < 1.29 is 9.59 Å². The highest BCUT2D eigenvalue weighted by atomic mass is 16.2. The monoisotopic (exact) mass is 490 g/mol. The predicted molar refractivity (Wildman–Crippen MR) is 146 cm³/mol. The van der Waals surface area contributed by atoms with E-state index in [1.54, 1.807) is 34.8 Å². The summed E-state index contributed by atoms with van der Waals surface area (Å²) in [7, 11) is 0. The molecular formula is C29H26N6O2. The lowest BCUT2D eigenvalue weighted by Crippen LogP contribution is -2.19. The number of anilines is 3. The van der Waals surface area contributed by atoms with Crippen LogP contribution in [0.3, 0.4) is 0 Å². The van der Waals surface area contributed by atoms with E-state index in [2.05, 4.69) is 20.7 Å². The van der Waals surface area contributed by atoms with Crippen molar-refractivity contribution in [1.29, 1.82) is 0 Å². The topological polar surface area (TPSA) is 114 Å². The maximum Gasteiger partial charge on any atom is 0.323 e. The molecule has 5 rings (SSSR count). The molecule has 8 heteroatoms. The number of nitrogen functional groups attached to an aromatic ring is 1. The number of carbonyl (C=O) groups excluding carboxylic acids is 2. The molecule has 3 aromatic carbocycles. The van der Waals surface area contributed by atoms with Crippen molar-refractivity contribution in [2.75, 3.05) is 16.4 Å². The fourth-order valence-corrected chi connectivity index (χ4v) is 4.24. The first kappa shape index (κ1) is 23.7. The molecule has 0 aliphatic rings. The van der Waals surface area contributed by atoms with Crippen molar-refractivity contribution in [2.45, 2.75) is 19.8 Å². The standard InChI is InChI=1S/C29H26N6O2/c1-18(2)25-16-24(26-28(30)31-17-32-35(25)26)27(36)21-9-6-10-23(15-21)34-29(37)33-22-13-11-20(12-14-22)19-7-4-3-5-8-19/h3-18H,1-2H3,(H2,30,31,32)(H2,33,34,37). The number of fused-ring (bicyclic) bond motifs is 1. The number of benzene rings is 3. The van der Waals surface area contributed by atoms with Gasteiger partial charge >= 0.3 is 6.03 Å². The number of nitrogens with zero attached hydrogens (tertiary/aromatic N) is 3. The van der Waals surface area contributed by atoms with Crippen molar-refractivity contribution in [2.24, 2.45) is 0 Å². The summed E-state index contributed by atoms with van der Waals surface area (Å²) < 4.78 is 1.67. The first-order chi connectivity index (χ1) is 17.9. The van der Waals surface area contributed by atoms with Crippen LogP contribution in [0.4, 0.5) is 22.0 Å². The Labute approximate surface area is 214 Å². The third-order valence-electron chi connectivity index (χ3n) is 6.08. The molecule has 8 nitrogen and oxygen atoms in total. The molecule has 0 aliphatic heterocycles. The number of hydrogen-bond acceptors (Lipinski definition) is 5. The number of amides is 2. The van der Waals surface area contributed by atoms with Gasteiger partial charge in [-0.15, -0.1) is 0 Å². The van der Waals surface area contributed by atoms with Gasteiger partial charge in [-0.3, -0.25) is 4.79 Å². The Hall–Kier alpha value is -4.98. The molecule has 0 saturated carbocycles. The van der Waals surface area contributed by atoms with Crippen LogP contribution in [0.25, 0.3) is 16.6 Å². The first-order valence-electron chi connectivity index (χ1n) is 11.9. The predicted octanol–water partition coefficient (Wildman–Crippen LogP) is 5.98. The van der Waals surface area contributed by atoms with Crippen molar-refractivity contribution in [1.82, 2.24) is 14.6 Å². The fraction of sp³-hybridized carbons (Fsp3) is 0.103. The molecule has 0 saturated heterocycles. The summed E-state index contributed by atoms with van der Waals surface area (Å²) in [6, 6.07) is 25.8. The third kappa shape index (κ3) is 4.90. The lowest BCUT2D eigenvalue weighted by molar-refractivity contribution is 0.104. The first-order valence-corrected chi connectivity index (χ1v) is 11.9. The van der Waals surface area contributed by atoms with E-state index in [-0.39, 0.29) is 17.5 Å². The summed E-state index contributed by atoms with van der Waals surface area (Å²) in [5.74, 6) is 0.130. The van der Waals surface area contributed by atoms with E-state index >= 15 is 0 Å². The van der Waals surface area contributed by atoms with Gasteiger partial charge in [0.25, 0.3) is 0 Å². The van der Waals surface area contributed by atoms with E-state index < -0.39 is 6.03 Å². The molecule has 0 aliphatic carbocycles. The molecule has 2 aromatic heterocycles. The van der Waals surface area contributed by atoms with Gasteiger partial charge in [0, 0.05) is 22.6 Å². The number of hydrogen-bond donors (Lipinski definition) is 3. The third-order valence-corrected chi connectivity index (χ3v) is 6.08. The van der Waals surface area contributed by atoms with E-state index in [0.29, 0.717) is 28.0 Å². The maximum atomic E-state index is 13.5. The van der Waals surface area contributed by atoms with Crippen LogP contribution in [0, 0.1) is 0 Å². The Bertz CT molecular complexity index is 1590. The van der Waals surface area contributed by atoms with Gasteiger partial charge in [0.05, 0.1) is 5.56 Å². The zero-order chi connectivity index (χ0) is 25.9. The lowest BCUT2D eigenvalue weighted by atomic mass is 10.0. The van der Waals surface area contributed by atoms with Crippen LogP contribution in [-0.2, 0) is 0 Å². The summed E-state index contributed by atoms with van der Waals surface area (Å²) in [5, 5.41) is 9.91. The normalized spacial score (nSPS) is 11.0. The molecule has 0 spiro atoms. The minimum atomic E-state index is -0.411. The van der Waals surface area contributed by atoms with E-state index in [1.165, 1.54) is 6.33 Å². The molecule has 4 N–H and O–H groups in total. The lowest BCUT2D eigenvalue weighted by Gasteiger charge is -2.10. The Kier molecular flexibility index (Phi) is 6.38. The van der Waals surface area contributed by atoms with Gasteiger partial charge in [-0.05, 0) is 47.4 Å². The molecular weight excluding hydrogens is 464 g/mol. The van der Waals surface area contributed by atoms with Gasteiger partial charge in [0.15, 0.2) is 11.6 Å². The summed E-state index contributed by atoms with van der Waals surface area (Å²) in [5.41, 5.74) is 11.6. The Morgan fingerprint density at radius 2 is 1.54 bits per heavy atom. The number of carbonyl (C=O) groups is 2. The Morgan fingerprint density at radius 1 is 0.838 bits per heavy atom. The Balaban J connectivity index is 1.33. The minimum Gasteiger partial charge on any atom is -0.382 e. The van der Waals surface area contributed by atoms with Gasteiger partial charge in [0.1, 0.15) is 11.8 Å². The van der Waals surface area contributed by atoms with Crippen LogP contribution < -0.4 is 16.4 Å². The summed E-state index contributed by atoms with van der Waals surface area (Å²) in [6.07, 6.45) is 1.38. The highest BCUT2D eigenvalue weighted by molar-refractivity contribution is 6.15. The summed E-state index contributed by atoms with van der Waals surface area (Å²) >= 11 is 0. The minimum absolute atomic E-state index is 0.127. The maximum absolute atomic E-state index is 13.5. The van der Waals surface area contributed by atoms with Crippen molar-refractivity contribution in [3.63, 3.8) is 0 Å². The zero-order valence-corrected chi connectivity index (χ0v) is 20.5. The van der Waals surface area contributed by atoms with E-state index in [1.807, 2.05) is 68.4 Å². The Morgan fingerprint density at radius 3 is 2.27 bits per heavy atom. The van der Waals surface area contributed by atoms with Crippen LogP contribution in [0.5, 0.6) is 0 Å². The second kappa shape index (κ2) is 9.94. The van der Waals surface area contributed by atoms with Crippen molar-refractivity contribution >= 4 is 34.5 Å². The average Bonchev–Trinajstić information content (AvgIpc) is 3.31. The molecule has 0 bridgehead atoms. The molecule has 184 valence electrons. The molecule has 0 unspecified atom stereocenters. The molecule has 5 aromatic rings. The zero-order valence-electron chi connectivity index (χ0n) is 20.5. The molecule has 37 heavy (non-hydrogen) atoms. The van der Waals surface area contributed by atoms with Gasteiger partial charge < -0.3 is 16.4 Å². The van der Waals surface area contributed by atoms with Gasteiger partial charge in [-0.2, -0.15) is 5.10 Å². The quantitative estimate of drug-likeness (QED) is 0.253. The number of ketones is 1. The summed E-state index contributed by atoms with van der Waals surface area (Å²) in [6.45, 7) is 4.04. The molecule has 2 heterocycles. The highest BCUT2D eigenvalue weighted by Gasteiger charge is 2.22. The van der Waals surface area contributed by atoms with Crippen LogP contribution in [-0.4, -0.2) is 26.4 Å². The second-order valence-electron chi connectivity index (χ2n) is 8.98. The number of nitrogens with one attached hydrogen (secondary N) is 2. The number of aromatic nitrogens is 3. The van der Waals surface area contributed by atoms with Gasteiger partial charge in [-0.1, -0.05) is 68.4 Å². The largest absolute Gasteiger partial charge is 0.382 e. The van der Waals surface area contributed by atoms with E-state index in [9.17, 15) is 9.59 Å². The molecule has 0 atom stereocenters. The summed E-state index contributed by atoms with van der Waals surface area (Å²) in [4.78, 5) is 30.2.